The van der Waals surface area contributed by atoms with Gasteiger partial charge in [0.15, 0.2) is 0 Å². The second kappa shape index (κ2) is 4.82. The van der Waals surface area contributed by atoms with Gasteiger partial charge in [0, 0.05) is 28.9 Å². The number of halogens is 1. The third-order valence-electron chi connectivity index (χ3n) is 5.67. The van der Waals surface area contributed by atoms with Crippen molar-refractivity contribution in [2.45, 2.75) is 31.1 Å². The number of nitrogens with zero attached hydrogens (tertiary/aromatic N) is 1. The molecule has 2 aliphatic carbocycles. The normalized spacial score (nSPS) is 32.3. The number of benzene rings is 1. The molecule has 3 aliphatic rings. The predicted molar refractivity (Wildman–Crippen MR) is 84.6 cm³/mol. The zero-order chi connectivity index (χ0) is 15.5. The van der Waals surface area contributed by atoms with E-state index in [0.717, 1.165) is 23.7 Å². The summed E-state index contributed by atoms with van der Waals surface area (Å²) in [6.07, 6.45) is 3.60. The van der Waals surface area contributed by atoms with E-state index >= 15 is 0 Å². The molecular weight excluding hydrogens is 346 g/mol. The maximum atomic E-state index is 12.7. The molecule has 1 N–H and O–H groups in total. The SMILES string of the molecule is O=C(O)C1CCN(C(=O)C2CC23CCc2cc(Br)ccc23)C1. The Morgan fingerprint density at radius 3 is 2.91 bits per heavy atom. The monoisotopic (exact) mass is 363 g/mol. The topological polar surface area (TPSA) is 57.6 Å². The van der Waals surface area contributed by atoms with E-state index in [4.69, 9.17) is 5.11 Å². The Hall–Kier alpha value is -1.36. The number of carbonyl (C=O) groups excluding carboxylic acids is 1. The van der Waals surface area contributed by atoms with Crippen molar-refractivity contribution in [3.8, 4) is 0 Å². The van der Waals surface area contributed by atoms with Gasteiger partial charge in [0.05, 0.1) is 5.92 Å². The molecule has 4 nitrogen and oxygen atoms in total. The van der Waals surface area contributed by atoms with Crippen molar-refractivity contribution in [1.82, 2.24) is 4.90 Å². The van der Waals surface area contributed by atoms with Crippen molar-refractivity contribution in [2.24, 2.45) is 11.8 Å². The molecule has 1 saturated carbocycles. The van der Waals surface area contributed by atoms with Crippen molar-refractivity contribution in [3.05, 3.63) is 33.8 Å². The molecule has 1 amide bonds. The van der Waals surface area contributed by atoms with Crippen LogP contribution < -0.4 is 0 Å². The van der Waals surface area contributed by atoms with Gasteiger partial charge in [-0.05, 0) is 48.9 Å². The van der Waals surface area contributed by atoms with Gasteiger partial charge < -0.3 is 10.0 Å². The van der Waals surface area contributed by atoms with E-state index in [1.807, 2.05) is 0 Å². The van der Waals surface area contributed by atoms with E-state index in [9.17, 15) is 9.59 Å². The lowest BCUT2D eigenvalue weighted by atomic mass is 9.95. The van der Waals surface area contributed by atoms with Gasteiger partial charge in [0.2, 0.25) is 5.91 Å². The van der Waals surface area contributed by atoms with Crippen molar-refractivity contribution in [2.75, 3.05) is 13.1 Å². The Morgan fingerprint density at radius 2 is 2.18 bits per heavy atom. The lowest BCUT2D eigenvalue weighted by Crippen LogP contribution is -2.33. The molecule has 1 aromatic rings. The van der Waals surface area contributed by atoms with Crippen molar-refractivity contribution >= 4 is 27.8 Å². The third-order valence-corrected chi connectivity index (χ3v) is 6.16. The lowest BCUT2D eigenvalue weighted by Gasteiger charge is -2.18. The number of fused-ring (bicyclic) bond motifs is 2. The summed E-state index contributed by atoms with van der Waals surface area (Å²) >= 11 is 3.51. The van der Waals surface area contributed by atoms with Crippen LogP contribution in [0.2, 0.25) is 0 Å². The number of amides is 1. The van der Waals surface area contributed by atoms with Gasteiger partial charge in [-0.3, -0.25) is 9.59 Å². The van der Waals surface area contributed by atoms with Gasteiger partial charge in [-0.15, -0.1) is 0 Å². The highest BCUT2D eigenvalue weighted by atomic mass is 79.9. The average Bonchev–Trinajstić information content (AvgIpc) is 2.83. The molecule has 3 atom stereocenters. The Bertz CT molecular complexity index is 674. The van der Waals surface area contributed by atoms with Crippen LogP contribution in [0.25, 0.3) is 0 Å². The van der Waals surface area contributed by atoms with Gasteiger partial charge in [-0.25, -0.2) is 0 Å². The van der Waals surface area contributed by atoms with Gasteiger partial charge >= 0.3 is 5.97 Å². The summed E-state index contributed by atoms with van der Waals surface area (Å²) < 4.78 is 1.09. The first-order valence-corrected chi connectivity index (χ1v) is 8.61. The molecule has 4 rings (SSSR count). The van der Waals surface area contributed by atoms with Gasteiger partial charge in [-0.1, -0.05) is 22.0 Å². The highest BCUT2D eigenvalue weighted by molar-refractivity contribution is 9.10. The van der Waals surface area contributed by atoms with E-state index in [1.165, 1.54) is 11.1 Å². The van der Waals surface area contributed by atoms with Gasteiger partial charge in [-0.2, -0.15) is 0 Å². The molecule has 5 heteroatoms. The third kappa shape index (κ3) is 2.02. The Morgan fingerprint density at radius 1 is 1.36 bits per heavy atom. The lowest BCUT2D eigenvalue weighted by molar-refractivity contribution is -0.141. The van der Waals surface area contributed by atoms with Crippen LogP contribution in [0.4, 0.5) is 0 Å². The van der Waals surface area contributed by atoms with Crippen molar-refractivity contribution < 1.29 is 14.7 Å². The van der Waals surface area contributed by atoms with Crippen molar-refractivity contribution in [3.63, 3.8) is 0 Å². The number of hydrogen-bond donors (Lipinski definition) is 1. The van der Waals surface area contributed by atoms with E-state index < -0.39 is 5.97 Å². The Labute approximate surface area is 137 Å². The molecule has 22 heavy (non-hydrogen) atoms. The van der Waals surface area contributed by atoms with Crippen LogP contribution in [-0.4, -0.2) is 35.0 Å². The summed E-state index contributed by atoms with van der Waals surface area (Å²) in [6.45, 7) is 0.976. The van der Waals surface area contributed by atoms with Crippen LogP contribution >= 0.6 is 15.9 Å². The highest BCUT2D eigenvalue weighted by Gasteiger charge is 2.62. The smallest absolute Gasteiger partial charge is 0.308 e. The molecule has 3 unspecified atom stereocenters. The van der Waals surface area contributed by atoms with E-state index in [2.05, 4.69) is 34.1 Å². The zero-order valence-electron chi connectivity index (χ0n) is 12.2. The maximum Gasteiger partial charge on any atom is 0.308 e. The number of carboxylic acid groups (broad SMARTS) is 1. The second-order valence-corrected chi connectivity index (χ2v) is 7.74. The van der Waals surface area contributed by atoms with Crippen LogP contribution in [-0.2, 0) is 21.4 Å². The van der Waals surface area contributed by atoms with Crippen LogP contribution in [0.1, 0.15) is 30.4 Å². The predicted octanol–water partition coefficient (Wildman–Crippen LogP) is 2.59. The summed E-state index contributed by atoms with van der Waals surface area (Å²) in [5.74, 6) is -0.940. The molecule has 1 heterocycles. The van der Waals surface area contributed by atoms with Crippen LogP contribution in [0, 0.1) is 11.8 Å². The van der Waals surface area contributed by atoms with E-state index in [1.54, 1.807) is 4.90 Å². The number of carbonyl (C=O) groups is 2. The molecule has 2 fully saturated rings. The zero-order valence-corrected chi connectivity index (χ0v) is 13.8. The molecule has 0 bridgehead atoms. The molecule has 1 aliphatic heterocycles. The number of aliphatic carboxylic acids is 1. The molecule has 1 saturated heterocycles. The molecule has 116 valence electrons. The summed E-state index contributed by atoms with van der Waals surface area (Å²) in [5.41, 5.74) is 2.73. The van der Waals surface area contributed by atoms with Crippen LogP contribution in [0.5, 0.6) is 0 Å². The first kappa shape index (κ1) is 14.2. The Kier molecular flexibility index (Phi) is 3.12. The summed E-state index contributed by atoms with van der Waals surface area (Å²) in [4.78, 5) is 25.6. The molecule has 0 radical (unpaired) electrons. The minimum absolute atomic E-state index is 0.0361. The fraction of sp³-hybridized carbons (Fsp3) is 0.529. The highest BCUT2D eigenvalue weighted by Crippen LogP contribution is 2.62. The summed E-state index contributed by atoms with van der Waals surface area (Å²) in [5, 5.41) is 9.09. The minimum Gasteiger partial charge on any atom is -0.481 e. The molecular formula is C17H18BrNO3. The fourth-order valence-electron chi connectivity index (χ4n) is 4.33. The fourth-order valence-corrected chi connectivity index (χ4v) is 4.74. The van der Waals surface area contributed by atoms with E-state index in [-0.39, 0.29) is 23.2 Å². The van der Waals surface area contributed by atoms with E-state index in [0.29, 0.717) is 19.5 Å². The molecule has 1 spiro atoms. The first-order chi connectivity index (χ1) is 10.5. The summed E-state index contributed by atoms with van der Waals surface area (Å²) in [7, 11) is 0. The number of carboxylic acids is 1. The second-order valence-electron chi connectivity index (χ2n) is 6.82. The average molecular weight is 364 g/mol. The standard InChI is InChI=1S/C17H18BrNO3/c18-12-1-2-13-10(7-12)3-5-17(13)8-14(17)15(20)19-6-4-11(9-19)16(21)22/h1-2,7,11,14H,3-6,8-9H2,(H,21,22). The number of likely N-dealkylation sites (tertiary alicyclic amines) is 1. The molecule has 1 aromatic carbocycles. The van der Waals surface area contributed by atoms with Gasteiger partial charge in [0.25, 0.3) is 0 Å². The maximum absolute atomic E-state index is 12.7. The Balaban J connectivity index is 1.52. The van der Waals surface area contributed by atoms with Gasteiger partial charge in [0.1, 0.15) is 0 Å². The number of hydrogen-bond acceptors (Lipinski definition) is 2. The first-order valence-electron chi connectivity index (χ1n) is 7.82. The van der Waals surface area contributed by atoms with Crippen molar-refractivity contribution in [1.29, 1.82) is 0 Å². The van der Waals surface area contributed by atoms with Crippen LogP contribution in [0.15, 0.2) is 22.7 Å². The summed E-state index contributed by atoms with van der Waals surface area (Å²) in [6, 6.07) is 6.38. The number of aryl methyl sites for hydroxylation is 1. The molecule has 0 aromatic heterocycles. The largest absolute Gasteiger partial charge is 0.481 e. The van der Waals surface area contributed by atoms with Crippen LogP contribution in [0.3, 0.4) is 0 Å². The number of rotatable bonds is 2. The quantitative estimate of drug-likeness (QED) is 0.878. The minimum atomic E-state index is -0.781.